The molecule has 39 heavy (non-hydrogen) atoms. The Morgan fingerprint density at radius 2 is 1.92 bits per heavy atom. The van der Waals surface area contributed by atoms with E-state index in [1.165, 1.54) is 0 Å². The fraction of sp³-hybridized carbons (Fsp3) is 0.172. The number of anilines is 2. The smallest absolute Gasteiger partial charge is 0.335 e. The number of thiocarbonyl (C=S) groups is 1. The molecular weight excluding hydrogens is 514 g/mol. The molecule has 1 fully saturated rings. The van der Waals surface area contributed by atoms with Crippen molar-refractivity contribution in [3.05, 3.63) is 102 Å². The van der Waals surface area contributed by atoms with Crippen molar-refractivity contribution in [1.82, 2.24) is 14.9 Å². The number of amides is 1. The number of rotatable bonds is 8. The van der Waals surface area contributed by atoms with E-state index < -0.39 is 5.97 Å². The average molecular weight is 542 g/mol. The van der Waals surface area contributed by atoms with Gasteiger partial charge in [0.15, 0.2) is 5.11 Å². The normalized spacial score (nSPS) is 16.6. The molecule has 0 radical (unpaired) electrons. The molecule has 2 aromatic carbocycles. The molecule has 4 aromatic rings. The second-order valence-electron chi connectivity index (χ2n) is 8.94. The fourth-order valence-electron chi connectivity index (χ4n) is 4.76. The van der Waals surface area contributed by atoms with Crippen molar-refractivity contribution in [3.63, 3.8) is 0 Å². The van der Waals surface area contributed by atoms with Crippen LogP contribution >= 0.6 is 12.2 Å². The molecule has 1 amide bonds. The second-order valence-corrected chi connectivity index (χ2v) is 9.33. The minimum absolute atomic E-state index is 0.117. The molecule has 9 nitrogen and oxygen atoms in total. The number of ether oxygens (including phenoxy) is 1. The number of carboxylic acid groups (broad SMARTS) is 1. The molecule has 5 rings (SSSR count). The lowest BCUT2D eigenvalue weighted by Crippen LogP contribution is -2.30. The molecule has 3 N–H and O–H groups in total. The Morgan fingerprint density at radius 3 is 2.64 bits per heavy atom. The van der Waals surface area contributed by atoms with Crippen molar-refractivity contribution in [1.29, 1.82) is 0 Å². The summed E-state index contributed by atoms with van der Waals surface area (Å²) in [7, 11) is 1.55. The monoisotopic (exact) mass is 541 g/mol. The minimum atomic E-state index is -0.996. The van der Waals surface area contributed by atoms with Crippen LogP contribution in [0, 0.1) is 0 Å². The standard InChI is InChI=1S/C29H27N5O4S/c1-3-25(35)31-21-13-12-20(17-24(21)38-2)34-27(26(32-29(34)39)22-10-4-5-14-30-22)23-11-7-15-33(23)19-9-6-8-18(16-19)28(36)37/h4-17,26-27H,3H2,1-2H3,(H,31,35)(H,32,39)(H,36,37)/t26-,27-/m0/s1. The highest BCUT2D eigenvalue weighted by Gasteiger charge is 2.42. The predicted molar refractivity (Wildman–Crippen MR) is 153 cm³/mol. The first-order valence-electron chi connectivity index (χ1n) is 12.4. The van der Waals surface area contributed by atoms with Crippen LogP contribution in [0.15, 0.2) is 85.2 Å². The maximum atomic E-state index is 12.0. The van der Waals surface area contributed by atoms with Gasteiger partial charge in [-0.1, -0.05) is 19.1 Å². The number of carbonyl (C=O) groups is 2. The van der Waals surface area contributed by atoms with Crippen LogP contribution in [0.3, 0.4) is 0 Å². The molecule has 0 unspecified atom stereocenters. The average Bonchev–Trinajstić information content (AvgIpc) is 3.58. The van der Waals surface area contributed by atoms with Gasteiger partial charge < -0.3 is 29.9 Å². The van der Waals surface area contributed by atoms with Gasteiger partial charge in [0, 0.05) is 41.9 Å². The number of aromatic carboxylic acids is 1. The van der Waals surface area contributed by atoms with Crippen LogP contribution in [-0.4, -0.2) is 38.8 Å². The van der Waals surface area contributed by atoms with Gasteiger partial charge in [-0.2, -0.15) is 0 Å². The molecule has 2 atom stereocenters. The summed E-state index contributed by atoms with van der Waals surface area (Å²) < 4.78 is 7.58. The third-order valence-corrected chi connectivity index (χ3v) is 6.93. The highest BCUT2D eigenvalue weighted by Crippen LogP contribution is 2.44. The van der Waals surface area contributed by atoms with Gasteiger partial charge in [0.25, 0.3) is 0 Å². The Morgan fingerprint density at radius 1 is 1.08 bits per heavy atom. The van der Waals surface area contributed by atoms with Gasteiger partial charge >= 0.3 is 5.97 Å². The van der Waals surface area contributed by atoms with Crippen molar-refractivity contribution in [3.8, 4) is 11.4 Å². The maximum absolute atomic E-state index is 12.0. The Bertz CT molecular complexity index is 1540. The van der Waals surface area contributed by atoms with Crippen molar-refractivity contribution in [2.24, 2.45) is 0 Å². The second kappa shape index (κ2) is 11.0. The molecule has 2 aromatic heterocycles. The molecule has 1 saturated heterocycles. The van der Waals surface area contributed by atoms with E-state index >= 15 is 0 Å². The number of pyridine rings is 1. The minimum Gasteiger partial charge on any atom is -0.494 e. The van der Waals surface area contributed by atoms with Gasteiger partial charge in [-0.05, 0) is 66.8 Å². The van der Waals surface area contributed by atoms with E-state index in [4.69, 9.17) is 17.0 Å². The highest BCUT2D eigenvalue weighted by molar-refractivity contribution is 7.80. The first kappa shape index (κ1) is 25.9. The van der Waals surface area contributed by atoms with Gasteiger partial charge in [-0.25, -0.2) is 4.79 Å². The fourth-order valence-corrected chi connectivity index (χ4v) is 5.11. The molecule has 0 aliphatic carbocycles. The SMILES string of the molecule is CCC(=O)Nc1ccc(N2C(=S)N[C@@H](c3ccccn3)[C@@H]2c2cccn2-c2cccc(C(=O)O)c2)cc1OC. The van der Waals surface area contributed by atoms with Crippen LogP contribution in [0.2, 0.25) is 0 Å². The summed E-state index contributed by atoms with van der Waals surface area (Å²) >= 11 is 5.86. The Kier molecular flexibility index (Phi) is 7.29. The largest absolute Gasteiger partial charge is 0.494 e. The molecule has 1 aliphatic rings. The number of benzene rings is 2. The lowest BCUT2D eigenvalue weighted by atomic mass is 10.0. The summed E-state index contributed by atoms with van der Waals surface area (Å²) in [6.45, 7) is 1.79. The third kappa shape index (κ3) is 5.06. The molecule has 0 spiro atoms. The van der Waals surface area contributed by atoms with Gasteiger partial charge in [0.2, 0.25) is 5.91 Å². The predicted octanol–water partition coefficient (Wildman–Crippen LogP) is 5.10. The summed E-state index contributed by atoms with van der Waals surface area (Å²) in [5.74, 6) is -0.611. The molecular formula is C29H27N5O4S. The summed E-state index contributed by atoms with van der Waals surface area (Å²) in [4.78, 5) is 30.3. The molecule has 3 heterocycles. The van der Waals surface area contributed by atoms with Crippen LogP contribution < -0.4 is 20.3 Å². The number of hydrogen-bond donors (Lipinski definition) is 3. The highest BCUT2D eigenvalue weighted by atomic mass is 32.1. The number of carbonyl (C=O) groups excluding carboxylic acids is 1. The quantitative estimate of drug-likeness (QED) is 0.264. The molecule has 10 heteroatoms. The summed E-state index contributed by atoms with van der Waals surface area (Å²) in [5, 5.41) is 16.4. The lowest BCUT2D eigenvalue weighted by Gasteiger charge is -2.29. The summed E-state index contributed by atoms with van der Waals surface area (Å²) in [6, 6.07) is 21.3. The van der Waals surface area contributed by atoms with Crippen LogP contribution in [0.5, 0.6) is 5.75 Å². The van der Waals surface area contributed by atoms with Crippen LogP contribution in [0.1, 0.15) is 47.2 Å². The van der Waals surface area contributed by atoms with E-state index in [9.17, 15) is 14.7 Å². The van der Waals surface area contributed by atoms with Crippen molar-refractivity contribution >= 4 is 40.6 Å². The van der Waals surface area contributed by atoms with Crippen molar-refractivity contribution < 1.29 is 19.4 Å². The van der Waals surface area contributed by atoms with E-state index in [2.05, 4.69) is 15.6 Å². The van der Waals surface area contributed by atoms with Gasteiger partial charge in [-0.15, -0.1) is 0 Å². The van der Waals surface area contributed by atoms with Gasteiger partial charge in [0.05, 0.1) is 30.1 Å². The number of hydrogen-bond acceptors (Lipinski definition) is 5. The third-order valence-electron chi connectivity index (χ3n) is 6.61. The summed E-state index contributed by atoms with van der Waals surface area (Å²) in [6.07, 6.45) is 3.98. The summed E-state index contributed by atoms with van der Waals surface area (Å²) in [5.41, 5.74) is 3.91. The van der Waals surface area contributed by atoms with Crippen molar-refractivity contribution in [2.45, 2.75) is 25.4 Å². The zero-order valence-electron chi connectivity index (χ0n) is 21.4. The molecule has 0 saturated carbocycles. The topological polar surface area (TPSA) is 109 Å². The first-order chi connectivity index (χ1) is 18.9. The molecule has 198 valence electrons. The van der Waals surface area contributed by atoms with Gasteiger partial charge in [-0.3, -0.25) is 9.78 Å². The van der Waals surface area contributed by atoms with Gasteiger partial charge in [0.1, 0.15) is 11.8 Å². The van der Waals surface area contributed by atoms with Crippen LogP contribution in [0.4, 0.5) is 11.4 Å². The Hall–Kier alpha value is -4.70. The van der Waals surface area contributed by atoms with E-state index in [1.54, 1.807) is 44.5 Å². The zero-order chi connectivity index (χ0) is 27.5. The molecule has 1 aliphatic heterocycles. The first-order valence-corrected chi connectivity index (χ1v) is 12.8. The van der Waals surface area contributed by atoms with E-state index in [1.807, 2.05) is 64.2 Å². The Labute approximate surface area is 231 Å². The number of methoxy groups -OCH3 is 1. The maximum Gasteiger partial charge on any atom is 0.335 e. The van der Waals surface area contributed by atoms with Crippen molar-refractivity contribution in [2.75, 3.05) is 17.3 Å². The van der Waals surface area contributed by atoms with Crippen LogP contribution in [-0.2, 0) is 4.79 Å². The van der Waals surface area contributed by atoms with E-state index in [0.717, 1.165) is 17.1 Å². The van der Waals surface area contributed by atoms with Crippen LogP contribution in [0.25, 0.3) is 5.69 Å². The lowest BCUT2D eigenvalue weighted by molar-refractivity contribution is -0.115. The number of carboxylic acids is 1. The molecule has 0 bridgehead atoms. The van der Waals surface area contributed by atoms with E-state index in [0.29, 0.717) is 28.7 Å². The number of nitrogens with one attached hydrogen (secondary N) is 2. The number of aromatic nitrogens is 2. The zero-order valence-corrected chi connectivity index (χ0v) is 22.2. The Balaban J connectivity index is 1.64. The number of nitrogens with zero attached hydrogens (tertiary/aromatic N) is 3. The van der Waals surface area contributed by atoms with E-state index in [-0.39, 0.29) is 23.6 Å².